The summed E-state index contributed by atoms with van der Waals surface area (Å²) < 4.78 is 32.6. The molecule has 0 amide bonds. The minimum Gasteiger partial charge on any atom is -0.375 e. The Kier molecular flexibility index (Phi) is 6.14. The number of aryl methyl sites for hydroxylation is 1. The van der Waals surface area contributed by atoms with Crippen LogP contribution in [0.25, 0.3) is 0 Å². The van der Waals surface area contributed by atoms with Gasteiger partial charge in [-0.25, -0.2) is 13.1 Å². The first-order valence-electron chi connectivity index (χ1n) is 7.20. The van der Waals surface area contributed by atoms with Gasteiger partial charge in [-0.05, 0) is 46.5 Å². The number of hydrogen-bond donors (Lipinski definition) is 1. The molecule has 0 saturated carbocycles. The highest BCUT2D eigenvalue weighted by Gasteiger charge is 2.18. The Morgan fingerprint density at radius 2 is 1.95 bits per heavy atom. The highest BCUT2D eigenvalue weighted by Crippen LogP contribution is 2.19. The Labute approximate surface area is 136 Å². The van der Waals surface area contributed by atoms with E-state index < -0.39 is 10.0 Å². The molecule has 0 aliphatic heterocycles. The van der Waals surface area contributed by atoms with Crippen molar-refractivity contribution in [2.75, 3.05) is 13.7 Å². The molecule has 0 saturated heterocycles. The predicted octanol–water partition coefficient (Wildman–Crippen LogP) is 3.37. The molecule has 1 aromatic heterocycles. The summed E-state index contributed by atoms with van der Waals surface area (Å²) >= 11 is 1.56. The second-order valence-corrected chi connectivity index (χ2v) is 7.57. The number of thiophene rings is 1. The fourth-order valence-electron chi connectivity index (χ4n) is 2.19. The van der Waals surface area contributed by atoms with E-state index in [0.717, 1.165) is 24.0 Å². The van der Waals surface area contributed by atoms with Gasteiger partial charge in [-0.1, -0.05) is 25.5 Å². The minimum atomic E-state index is -3.51. The molecule has 6 heteroatoms. The summed E-state index contributed by atoms with van der Waals surface area (Å²) in [5.41, 5.74) is 2.13. The van der Waals surface area contributed by atoms with Gasteiger partial charge in [0.15, 0.2) is 0 Å². The largest absolute Gasteiger partial charge is 0.375 e. The average molecular weight is 339 g/mol. The van der Waals surface area contributed by atoms with Crippen LogP contribution in [0.15, 0.2) is 46.0 Å². The van der Waals surface area contributed by atoms with Crippen LogP contribution in [-0.4, -0.2) is 22.1 Å². The lowest BCUT2D eigenvalue weighted by atomic mass is 10.1. The van der Waals surface area contributed by atoms with Crippen LogP contribution in [0.4, 0.5) is 0 Å². The van der Waals surface area contributed by atoms with Crippen molar-refractivity contribution in [1.82, 2.24) is 4.72 Å². The Bertz CT molecular complexity index is 664. The number of sulfonamides is 1. The fourth-order valence-corrected chi connectivity index (χ4v) is 3.92. The minimum absolute atomic E-state index is 0.215. The van der Waals surface area contributed by atoms with Gasteiger partial charge in [-0.2, -0.15) is 11.3 Å². The van der Waals surface area contributed by atoms with Gasteiger partial charge in [-0.3, -0.25) is 0 Å². The first-order valence-corrected chi connectivity index (χ1v) is 9.63. The smallest absolute Gasteiger partial charge is 0.240 e. The van der Waals surface area contributed by atoms with Crippen molar-refractivity contribution in [2.45, 2.75) is 30.8 Å². The van der Waals surface area contributed by atoms with E-state index in [9.17, 15) is 8.42 Å². The van der Waals surface area contributed by atoms with Crippen LogP contribution < -0.4 is 4.72 Å². The zero-order valence-electron chi connectivity index (χ0n) is 12.8. The van der Waals surface area contributed by atoms with Gasteiger partial charge in [-0.15, -0.1) is 0 Å². The molecule has 0 aliphatic carbocycles. The van der Waals surface area contributed by atoms with Gasteiger partial charge < -0.3 is 4.74 Å². The maximum absolute atomic E-state index is 12.3. The number of methoxy groups -OCH3 is 1. The highest BCUT2D eigenvalue weighted by molar-refractivity contribution is 7.89. The van der Waals surface area contributed by atoms with Crippen molar-refractivity contribution in [3.8, 4) is 0 Å². The molecule has 0 spiro atoms. The lowest BCUT2D eigenvalue weighted by molar-refractivity contribution is 0.107. The van der Waals surface area contributed by atoms with Crippen molar-refractivity contribution in [3.05, 3.63) is 52.2 Å². The monoisotopic (exact) mass is 339 g/mol. The van der Waals surface area contributed by atoms with Crippen LogP contribution in [-0.2, 0) is 21.2 Å². The first-order chi connectivity index (χ1) is 10.6. The molecule has 0 fully saturated rings. The van der Waals surface area contributed by atoms with Crippen LogP contribution in [0.2, 0.25) is 0 Å². The number of nitrogens with one attached hydrogen (secondary N) is 1. The van der Waals surface area contributed by atoms with Crippen LogP contribution >= 0.6 is 11.3 Å². The third-order valence-corrected chi connectivity index (χ3v) is 5.57. The standard InChI is InChI=1S/C16H21NO3S2/c1-3-4-13-5-7-15(8-6-13)22(18,19)17-11-16(20-2)14-9-10-21-12-14/h5-10,12,16-17H,3-4,11H2,1-2H3. The van der Waals surface area contributed by atoms with Gasteiger partial charge in [0, 0.05) is 13.7 Å². The lowest BCUT2D eigenvalue weighted by Gasteiger charge is -2.15. The molecule has 1 atom stereocenters. The average Bonchev–Trinajstić information content (AvgIpc) is 3.03. The number of benzene rings is 1. The summed E-state index contributed by atoms with van der Waals surface area (Å²) in [6, 6.07) is 8.97. The topological polar surface area (TPSA) is 55.4 Å². The summed E-state index contributed by atoms with van der Waals surface area (Å²) in [7, 11) is -1.94. The summed E-state index contributed by atoms with van der Waals surface area (Å²) in [5, 5.41) is 3.91. The normalized spacial score (nSPS) is 13.2. The zero-order chi connectivity index (χ0) is 16.0. The Morgan fingerprint density at radius 1 is 1.23 bits per heavy atom. The predicted molar refractivity (Wildman–Crippen MR) is 89.7 cm³/mol. The Morgan fingerprint density at radius 3 is 2.50 bits per heavy atom. The molecule has 0 aliphatic rings. The van der Waals surface area contributed by atoms with E-state index in [1.807, 2.05) is 29.0 Å². The van der Waals surface area contributed by atoms with E-state index in [-0.39, 0.29) is 17.5 Å². The zero-order valence-corrected chi connectivity index (χ0v) is 14.4. The molecule has 2 rings (SSSR count). The third kappa shape index (κ3) is 4.39. The van der Waals surface area contributed by atoms with Crippen LogP contribution in [0, 0.1) is 0 Å². The molecule has 4 nitrogen and oxygen atoms in total. The number of ether oxygens (including phenoxy) is 1. The van der Waals surface area contributed by atoms with E-state index in [1.54, 1.807) is 30.6 Å². The quantitative estimate of drug-likeness (QED) is 0.802. The molecule has 1 N–H and O–H groups in total. The molecule has 2 aromatic rings. The van der Waals surface area contributed by atoms with Gasteiger partial charge in [0.05, 0.1) is 11.0 Å². The molecule has 1 heterocycles. The first kappa shape index (κ1) is 17.1. The van der Waals surface area contributed by atoms with Crippen molar-refractivity contribution in [2.24, 2.45) is 0 Å². The molecular weight excluding hydrogens is 318 g/mol. The molecular formula is C16H21NO3S2. The van der Waals surface area contributed by atoms with Gasteiger partial charge in [0.25, 0.3) is 0 Å². The summed E-state index contributed by atoms with van der Waals surface area (Å²) in [6.45, 7) is 2.31. The van der Waals surface area contributed by atoms with Gasteiger partial charge in [0.2, 0.25) is 10.0 Å². The lowest BCUT2D eigenvalue weighted by Crippen LogP contribution is -2.29. The molecule has 0 bridgehead atoms. The molecule has 120 valence electrons. The van der Waals surface area contributed by atoms with Gasteiger partial charge >= 0.3 is 0 Å². The van der Waals surface area contributed by atoms with Crippen molar-refractivity contribution in [1.29, 1.82) is 0 Å². The van der Waals surface area contributed by atoms with Crippen LogP contribution in [0.3, 0.4) is 0 Å². The van der Waals surface area contributed by atoms with E-state index in [0.29, 0.717) is 0 Å². The summed E-state index contributed by atoms with van der Waals surface area (Å²) in [6.07, 6.45) is 1.72. The van der Waals surface area contributed by atoms with Gasteiger partial charge in [0.1, 0.15) is 0 Å². The maximum atomic E-state index is 12.3. The van der Waals surface area contributed by atoms with Crippen molar-refractivity contribution < 1.29 is 13.2 Å². The highest BCUT2D eigenvalue weighted by atomic mass is 32.2. The fraction of sp³-hybridized carbons (Fsp3) is 0.375. The van der Waals surface area contributed by atoms with Crippen LogP contribution in [0.1, 0.15) is 30.6 Å². The maximum Gasteiger partial charge on any atom is 0.240 e. The molecule has 0 radical (unpaired) electrons. The Balaban J connectivity index is 2.04. The van der Waals surface area contributed by atoms with E-state index >= 15 is 0 Å². The van der Waals surface area contributed by atoms with E-state index in [4.69, 9.17) is 4.74 Å². The second-order valence-electron chi connectivity index (χ2n) is 5.03. The van der Waals surface area contributed by atoms with E-state index in [2.05, 4.69) is 11.6 Å². The third-order valence-electron chi connectivity index (χ3n) is 3.43. The number of rotatable bonds is 8. The van der Waals surface area contributed by atoms with Crippen LogP contribution in [0.5, 0.6) is 0 Å². The Hall–Kier alpha value is -1.21. The summed E-state index contributed by atoms with van der Waals surface area (Å²) in [4.78, 5) is 0.285. The molecule has 1 unspecified atom stereocenters. The number of hydrogen-bond acceptors (Lipinski definition) is 4. The molecule has 1 aromatic carbocycles. The van der Waals surface area contributed by atoms with Crippen molar-refractivity contribution in [3.63, 3.8) is 0 Å². The second kappa shape index (κ2) is 7.87. The summed E-state index contributed by atoms with van der Waals surface area (Å²) in [5.74, 6) is 0. The SMILES string of the molecule is CCCc1ccc(S(=O)(=O)NCC(OC)c2ccsc2)cc1. The van der Waals surface area contributed by atoms with E-state index in [1.165, 1.54) is 0 Å². The molecule has 22 heavy (non-hydrogen) atoms. The van der Waals surface area contributed by atoms with Crippen molar-refractivity contribution >= 4 is 21.4 Å².